The Hall–Kier alpha value is -2.74. The quantitative estimate of drug-likeness (QED) is 0.559. The number of benzene rings is 2. The van der Waals surface area contributed by atoms with Gasteiger partial charge in [-0.05, 0) is 60.2 Å². The zero-order valence-corrected chi connectivity index (χ0v) is 20.2. The fourth-order valence-electron chi connectivity index (χ4n) is 4.91. The van der Waals surface area contributed by atoms with Crippen LogP contribution in [0.15, 0.2) is 36.4 Å². The van der Waals surface area contributed by atoms with Gasteiger partial charge in [0.1, 0.15) is 18.4 Å². The predicted octanol–water partition coefficient (Wildman–Crippen LogP) is 5.52. The zero-order chi connectivity index (χ0) is 25.2. The smallest absolute Gasteiger partial charge is 0.416 e. The number of likely N-dealkylation sites (N-methyl/N-ethyl adjacent to an activating group) is 1. The van der Waals surface area contributed by atoms with E-state index >= 15 is 0 Å². The molecule has 0 saturated heterocycles. The van der Waals surface area contributed by atoms with E-state index in [2.05, 4.69) is 5.32 Å². The summed E-state index contributed by atoms with van der Waals surface area (Å²) in [7, 11) is 1.56. The summed E-state index contributed by atoms with van der Waals surface area (Å²) in [6.07, 6.45) is 0.708. The Morgan fingerprint density at radius 1 is 1.11 bits per heavy atom. The molecule has 9 heteroatoms. The summed E-state index contributed by atoms with van der Waals surface area (Å²) in [6, 6.07) is 7.90. The van der Waals surface area contributed by atoms with Crippen molar-refractivity contribution in [1.29, 1.82) is 0 Å². The molecule has 0 bridgehead atoms. The molecule has 35 heavy (non-hydrogen) atoms. The van der Waals surface area contributed by atoms with Gasteiger partial charge in [0.2, 0.25) is 11.8 Å². The van der Waals surface area contributed by atoms with Gasteiger partial charge < -0.3 is 15.0 Å². The Morgan fingerprint density at radius 2 is 1.86 bits per heavy atom. The molecule has 5 nitrogen and oxygen atoms in total. The molecule has 0 aromatic heterocycles. The van der Waals surface area contributed by atoms with E-state index < -0.39 is 17.8 Å². The summed E-state index contributed by atoms with van der Waals surface area (Å²) in [4.78, 5) is 27.4. The zero-order valence-electron chi connectivity index (χ0n) is 19.5. The summed E-state index contributed by atoms with van der Waals surface area (Å²) in [5.74, 6) is 0.591. The number of carbonyl (C=O) groups is 2. The third-order valence-electron chi connectivity index (χ3n) is 6.88. The van der Waals surface area contributed by atoms with Gasteiger partial charge in [-0.3, -0.25) is 9.59 Å². The van der Waals surface area contributed by atoms with Crippen molar-refractivity contribution >= 4 is 23.4 Å². The lowest BCUT2D eigenvalue weighted by Gasteiger charge is -2.36. The minimum Gasteiger partial charge on any atom is -0.489 e. The van der Waals surface area contributed by atoms with Crippen molar-refractivity contribution in [2.45, 2.75) is 63.9 Å². The van der Waals surface area contributed by atoms with Gasteiger partial charge in [0, 0.05) is 37.0 Å². The van der Waals surface area contributed by atoms with E-state index in [1.807, 2.05) is 6.07 Å². The molecule has 1 atom stereocenters. The topological polar surface area (TPSA) is 58.6 Å². The van der Waals surface area contributed by atoms with Crippen molar-refractivity contribution in [3.05, 3.63) is 63.7 Å². The van der Waals surface area contributed by atoms with Crippen molar-refractivity contribution < 1.29 is 27.5 Å². The van der Waals surface area contributed by atoms with Gasteiger partial charge >= 0.3 is 6.18 Å². The normalized spacial score (nSPS) is 18.3. The second-order valence-corrected chi connectivity index (χ2v) is 9.64. The molecule has 0 spiro atoms. The molecule has 1 aliphatic heterocycles. The minimum absolute atomic E-state index is 0.0294. The summed E-state index contributed by atoms with van der Waals surface area (Å²) in [5, 5.41) is 2.85. The summed E-state index contributed by atoms with van der Waals surface area (Å²) in [6.45, 7) is 0.146. The van der Waals surface area contributed by atoms with Gasteiger partial charge in [0.25, 0.3) is 0 Å². The SMILES string of the molecule is CNC(=O)C1Cc2ccc(OCc3cc(C(F)(F)F)ccc3Cl)cc2CN1C(=O)CC1CCCC1. The van der Waals surface area contributed by atoms with Gasteiger partial charge in [-0.15, -0.1) is 0 Å². The number of fused-ring (bicyclic) bond motifs is 1. The maximum Gasteiger partial charge on any atom is 0.416 e. The maximum absolute atomic E-state index is 13.1. The van der Waals surface area contributed by atoms with Crippen LogP contribution in [0.25, 0.3) is 0 Å². The molecule has 2 aliphatic rings. The van der Waals surface area contributed by atoms with Crippen LogP contribution in [0.4, 0.5) is 13.2 Å². The Morgan fingerprint density at radius 3 is 2.54 bits per heavy atom. The average Bonchev–Trinajstić information content (AvgIpc) is 3.34. The highest BCUT2D eigenvalue weighted by Gasteiger charge is 2.35. The second-order valence-electron chi connectivity index (χ2n) is 9.23. The fraction of sp³-hybridized carbons (Fsp3) is 0.462. The van der Waals surface area contributed by atoms with Crippen LogP contribution in [-0.4, -0.2) is 29.8 Å². The average molecular weight is 509 g/mol. The molecular weight excluding hydrogens is 481 g/mol. The molecule has 2 amide bonds. The summed E-state index contributed by atoms with van der Waals surface area (Å²) >= 11 is 6.08. The van der Waals surface area contributed by atoms with Gasteiger partial charge in [0.15, 0.2) is 0 Å². The number of rotatable bonds is 6. The number of hydrogen-bond acceptors (Lipinski definition) is 3. The molecule has 1 unspecified atom stereocenters. The molecule has 1 saturated carbocycles. The Labute approximate surface area is 207 Å². The van der Waals surface area contributed by atoms with E-state index in [0.717, 1.165) is 48.9 Å². The lowest BCUT2D eigenvalue weighted by atomic mass is 9.92. The number of halogens is 4. The molecule has 188 valence electrons. The first kappa shape index (κ1) is 25.4. The lowest BCUT2D eigenvalue weighted by molar-refractivity contribution is -0.142. The number of amides is 2. The molecule has 2 aromatic rings. The number of nitrogens with one attached hydrogen (secondary N) is 1. The first-order chi connectivity index (χ1) is 16.7. The highest BCUT2D eigenvalue weighted by atomic mass is 35.5. The molecular formula is C26H28ClF3N2O3. The number of nitrogens with zero attached hydrogens (tertiary/aromatic N) is 1. The lowest BCUT2D eigenvalue weighted by Crippen LogP contribution is -2.52. The van der Waals surface area contributed by atoms with Gasteiger partial charge in [-0.25, -0.2) is 0 Å². The van der Waals surface area contributed by atoms with Crippen LogP contribution in [0.2, 0.25) is 5.02 Å². The molecule has 1 fully saturated rings. The van der Waals surface area contributed by atoms with Crippen molar-refractivity contribution in [3.8, 4) is 5.75 Å². The van der Waals surface area contributed by atoms with Crippen LogP contribution in [0.3, 0.4) is 0 Å². The van der Waals surface area contributed by atoms with Crippen LogP contribution >= 0.6 is 11.6 Å². The number of alkyl halides is 3. The number of hydrogen-bond donors (Lipinski definition) is 1. The van der Waals surface area contributed by atoms with E-state index in [4.69, 9.17) is 16.3 Å². The van der Waals surface area contributed by atoms with Gasteiger partial charge in [0.05, 0.1) is 5.56 Å². The van der Waals surface area contributed by atoms with Crippen molar-refractivity contribution in [1.82, 2.24) is 10.2 Å². The first-order valence-corrected chi connectivity index (χ1v) is 12.1. The van der Waals surface area contributed by atoms with Crippen LogP contribution in [0.1, 0.15) is 54.4 Å². The van der Waals surface area contributed by atoms with E-state index in [1.54, 1.807) is 24.1 Å². The number of ether oxygens (including phenoxy) is 1. The van der Waals surface area contributed by atoms with Crippen molar-refractivity contribution in [2.75, 3.05) is 7.05 Å². The number of carbonyl (C=O) groups excluding carboxylic acids is 2. The third kappa shape index (κ3) is 5.92. The van der Waals surface area contributed by atoms with Crippen LogP contribution in [-0.2, 0) is 35.3 Å². The largest absolute Gasteiger partial charge is 0.489 e. The highest BCUT2D eigenvalue weighted by molar-refractivity contribution is 6.31. The van der Waals surface area contributed by atoms with Crippen LogP contribution in [0, 0.1) is 5.92 Å². The maximum atomic E-state index is 13.1. The first-order valence-electron chi connectivity index (χ1n) is 11.8. The fourth-order valence-corrected chi connectivity index (χ4v) is 5.09. The Bertz CT molecular complexity index is 1100. The second kappa shape index (κ2) is 10.5. The monoisotopic (exact) mass is 508 g/mol. The predicted molar refractivity (Wildman–Crippen MR) is 126 cm³/mol. The van der Waals surface area contributed by atoms with E-state index in [1.165, 1.54) is 6.07 Å². The Balaban J connectivity index is 1.51. The molecule has 0 radical (unpaired) electrons. The molecule has 1 aliphatic carbocycles. The van der Waals surface area contributed by atoms with E-state index in [0.29, 0.717) is 24.5 Å². The minimum atomic E-state index is -4.47. The van der Waals surface area contributed by atoms with Gasteiger partial charge in [-0.1, -0.05) is 30.5 Å². The summed E-state index contributed by atoms with van der Waals surface area (Å²) in [5.41, 5.74) is 1.24. The third-order valence-corrected chi connectivity index (χ3v) is 7.25. The molecule has 4 rings (SSSR count). The Kier molecular flexibility index (Phi) is 7.59. The van der Waals surface area contributed by atoms with Crippen molar-refractivity contribution in [3.63, 3.8) is 0 Å². The molecule has 2 aromatic carbocycles. The molecule has 1 heterocycles. The van der Waals surface area contributed by atoms with Gasteiger partial charge in [-0.2, -0.15) is 13.2 Å². The van der Waals surface area contributed by atoms with E-state index in [9.17, 15) is 22.8 Å². The molecule has 1 N–H and O–H groups in total. The van der Waals surface area contributed by atoms with Crippen LogP contribution < -0.4 is 10.1 Å². The standard InChI is InChI=1S/C26H28ClF3N2O3/c1-31-25(34)23-13-17-6-8-21(35-15-19-11-20(26(28,29)30)7-9-22(19)27)12-18(17)14-32(23)24(33)10-16-4-2-3-5-16/h6-9,11-12,16,23H,2-5,10,13-15H2,1H3,(H,31,34). The highest BCUT2D eigenvalue weighted by Crippen LogP contribution is 2.34. The summed E-state index contributed by atoms with van der Waals surface area (Å²) < 4.78 is 44.9. The van der Waals surface area contributed by atoms with Crippen molar-refractivity contribution in [2.24, 2.45) is 5.92 Å². The van der Waals surface area contributed by atoms with Crippen LogP contribution in [0.5, 0.6) is 5.75 Å². The van der Waals surface area contributed by atoms with E-state index in [-0.39, 0.29) is 35.6 Å².